The highest BCUT2D eigenvalue weighted by Crippen LogP contribution is 2.05. The second-order valence-electron chi connectivity index (χ2n) is 4.89. The number of urea groups is 1. The number of carboxylic acids is 1. The molecule has 0 saturated heterocycles. The summed E-state index contributed by atoms with van der Waals surface area (Å²) in [5.74, 6) is 1.53. The summed E-state index contributed by atoms with van der Waals surface area (Å²) in [6, 6.07) is -1.47. The van der Waals surface area contributed by atoms with Crippen molar-refractivity contribution in [3.63, 3.8) is 0 Å². The van der Waals surface area contributed by atoms with Gasteiger partial charge in [-0.2, -0.15) is 0 Å². The van der Waals surface area contributed by atoms with E-state index in [0.29, 0.717) is 6.42 Å². The summed E-state index contributed by atoms with van der Waals surface area (Å²) in [5.41, 5.74) is -0.801. The molecule has 2 amide bonds. The van der Waals surface area contributed by atoms with E-state index in [1.54, 1.807) is 13.8 Å². The third kappa shape index (κ3) is 6.46. The maximum atomic E-state index is 11.5. The van der Waals surface area contributed by atoms with Crippen LogP contribution in [0.4, 0.5) is 4.79 Å². The molecule has 0 spiro atoms. The van der Waals surface area contributed by atoms with Gasteiger partial charge in [-0.05, 0) is 26.2 Å². The van der Waals surface area contributed by atoms with Crippen LogP contribution in [-0.4, -0.2) is 28.7 Å². The number of carbonyl (C=O) groups is 2. The van der Waals surface area contributed by atoms with Gasteiger partial charge in [-0.1, -0.05) is 19.8 Å². The topological polar surface area (TPSA) is 78.4 Å². The summed E-state index contributed by atoms with van der Waals surface area (Å²) in [6.45, 7) is 7.09. The molecule has 0 aromatic carbocycles. The highest BCUT2D eigenvalue weighted by Gasteiger charge is 2.23. The van der Waals surface area contributed by atoms with Crippen LogP contribution in [0.2, 0.25) is 0 Å². The number of amides is 2. The van der Waals surface area contributed by atoms with Gasteiger partial charge in [0.1, 0.15) is 6.04 Å². The third-order valence-electron chi connectivity index (χ3n) is 2.10. The van der Waals surface area contributed by atoms with Crippen LogP contribution in [0.5, 0.6) is 0 Å². The molecule has 0 aliphatic heterocycles. The van der Waals surface area contributed by atoms with Crippen LogP contribution in [0.1, 0.15) is 34.1 Å². The lowest BCUT2D eigenvalue weighted by Crippen LogP contribution is -2.52. The summed E-state index contributed by atoms with van der Waals surface area (Å²) in [6.07, 6.45) is 5.59. The summed E-state index contributed by atoms with van der Waals surface area (Å²) < 4.78 is 0. The van der Waals surface area contributed by atoms with Crippen LogP contribution in [0.25, 0.3) is 0 Å². The molecule has 0 heterocycles. The normalized spacial score (nSPS) is 12.7. The quantitative estimate of drug-likeness (QED) is 0.632. The number of terminal acetylenes is 1. The molecule has 17 heavy (non-hydrogen) atoms. The third-order valence-corrected chi connectivity index (χ3v) is 2.10. The van der Waals surface area contributed by atoms with Crippen molar-refractivity contribution in [3.05, 3.63) is 0 Å². The second kappa shape index (κ2) is 6.14. The average molecular weight is 240 g/mol. The van der Waals surface area contributed by atoms with Crippen LogP contribution < -0.4 is 10.6 Å². The van der Waals surface area contributed by atoms with Gasteiger partial charge >= 0.3 is 12.0 Å². The number of aliphatic carboxylic acids is 1. The Morgan fingerprint density at radius 2 is 1.94 bits per heavy atom. The summed E-state index contributed by atoms with van der Waals surface area (Å²) >= 11 is 0. The molecule has 5 nitrogen and oxygen atoms in total. The molecule has 3 N–H and O–H groups in total. The lowest BCUT2D eigenvalue weighted by Gasteiger charge is -2.22. The van der Waals surface area contributed by atoms with Crippen LogP contribution >= 0.6 is 0 Å². The van der Waals surface area contributed by atoms with Crippen molar-refractivity contribution in [2.75, 3.05) is 0 Å². The van der Waals surface area contributed by atoms with E-state index in [1.807, 2.05) is 13.8 Å². The smallest absolute Gasteiger partial charge is 0.326 e. The molecular formula is C12H20N2O3. The molecule has 0 aromatic heterocycles. The van der Waals surface area contributed by atoms with Gasteiger partial charge in [0.15, 0.2) is 0 Å². The molecule has 0 aliphatic carbocycles. The highest BCUT2D eigenvalue weighted by molar-refractivity contribution is 5.83. The Morgan fingerprint density at radius 3 is 2.29 bits per heavy atom. The number of hydrogen-bond acceptors (Lipinski definition) is 2. The van der Waals surface area contributed by atoms with E-state index < -0.39 is 23.6 Å². The van der Waals surface area contributed by atoms with Crippen molar-refractivity contribution in [3.8, 4) is 12.3 Å². The Bertz CT molecular complexity index is 329. The summed E-state index contributed by atoms with van der Waals surface area (Å²) in [7, 11) is 0. The van der Waals surface area contributed by atoms with Crippen molar-refractivity contribution in [2.45, 2.75) is 45.7 Å². The van der Waals surface area contributed by atoms with Crippen molar-refractivity contribution in [2.24, 2.45) is 5.92 Å². The van der Waals surface area contributed by atoms with Gasteiger partial charge in [0.25, 0.3) is 0 Å². The Morgan fingerprint density at radius 1 is 1.41 bits per heavy atom. The summed E-state index contributed by atoms with van der Waals surface area (Å²) in [4.78, 5) is 22.5. The number of carbonyl (C=O) groups excluding carboxylic acids is 1. The fourth-order valence-corrected chi connectivity index (χ4v) is 1.21. The van der Waals surface area contributed by atoms with E-state index in [1.165, 1.54) is 0 Å². The minimum Gasteiger partial charge on any atom is -0.480 e. The van der Waals surface area contributed by atoms with E-state index in [0.717, 1.165) is 0 Å². The first-order valence-corrected chi connectivity index (χ1v) is 5.47. The van der Waals surface area contributed by atoms with Gasteiger partial charge in [0.05, 0.1) is 5.54 Å². The average Bonchev–Trinajstić information content (AvgIpc) is 2.15. The predicted octanol–water partition coefficient (Wildman–Crippen LogP) is 1.20. The van der Waals surface area contributed by atoms with Gasteiger partial charge in [0, 0.05) is 0 Å². The zero-order valence-corrected chi connectivity index (χ0v) is 10.7. The zero-order valence-electron chi connectivity index (χ0n) is 10.7. The molecule has 0 rings (SSSR count). The lowest BCUT2D eigenvalue weighted by atomic mass is 10.0. The molecule has 1 atom stereocenters. The molecule has 96 valence electrons. The molecule has 0 aromatic rings. The molecule has 0 fully saturated rings. The molecule has 0 aliphatic rings. The first kappa shape index (κ1) is 15.3. The fourth-order valence-electron chi connectivity index (χ4n) is 1.21. The van der Waals surface area contributed by atoms with E-state index in [4.69, 9.17) is 11.5 Å². The monoisotopic (exact) mass is 240 g/mol. The number of nitrogens with one attached hydrogen (secondary N) is 2. The Labute approximate surface area is 102 Å². The van der Waals surface area contributed by atoms with Gasteiger partial charge in [-0.25, -0.2) is 9.59 Å². The maximum absolute atomic E-state index is 11.5. The second-order valence-corrected chi connectivity index (χ2v) is 4.89. The molecule has 0 saturated carbocycles. The van der Waals surface area contributed by atoms with Crippen LogP contribution in [0.3, 0.4) is 0 Å². The van der Waals surface area contributed by atoms with Crippen molar-refractivity contribution in [1.82, 2.24) is 10.6 Å². The van der Waals surface area contributed by atoms with E-state index >= 15 is 0 Å². The van der Waals surface area contributed by atoms with Crippen LogP contribution in [-0.2, 0) is 4.79 Å². The van der Waals surface area contributed by atoms with Crippen molar-refractivity contribution in [1.29, 1.82) is 0 Å². The number of hydrogen-bond donors (Lipinski definition) is 3. The first-order valence-electron chi connectivity index (χ1n) is 5.47. The minimum atomic E-state index is -1.05. The SMILES string of the molecule is C#CC(C)(C)NC(=O)NC(CC(C)C)C(=O)O. The van der Waals surface area contributed by atoms with Crippen LogP contribution in [0.15, 0.2) is 0 Å². The predicted molar refractivity (Wildman–Crippen MR) is 65.5 cm³/mol. The highest BCUT2D eigenvalue weighted by atomic mass is 16.4. The standard InChI is InChI=1S/C12H20N2O3/c1-6-12(4,5)14-11(17)13-9(10(15)16)7-8(2)3/h1,8-9H,7H2,2-5H3,(H,15,16)(H2,13,14,17). The first-order chi connectivity index (χ1) is 7.68. The van der Waals surface area contributed by atoms with Crippen LogP contribution in [0, 0.1) is 18.3 Å². The van der Waals surface area contributed by atoms with Gasteiger partial charge in [0.2, 0.25) is 0 Å². The largest absolute Gasteiger partial charge is 0.480 e. The lowest BCUT2D eigenvalue weighted by molar-refractivity contribution is -0.139. The Balaban J connectivity index is 4.43. The van der Waals surface area contributed by atoms with E-state index in [-0.39, 0.29) is 5.92 Å². The number of rotatable bonds is 5. The minimum absolute atomic E-state index is 0.178. The molecule has 0 bridgehead atoms. The van der Waals surface area contributed by atoms with E-state index in [9.17, 15) is 9.59 Å². The Kier molecular flexibility index (Phi) is 5.52. The molecular weight excluding hydrogens is 220 g/mol. The molecule has 1 unspecified atom stereocenters. The van der Waals surface area contributed by atoms with Gasteiger partial charge < -0.3 is 15.7 Å². The molecule has 5 heteroatoms. The fraction of sp³-hybridized carbons (Fsp3) is 0.667. The van der Waals surface area contributed by atoms with Crippen molar-refractivity contribution < 1.29 is 14.7 Å². The Hall–Kier alpha value is -1.70. The summed E-state index contributed by atoms with van der Waals surface area (Å²) in [5, 5.41) is 13.9. The van der Waals surface area contributed by atoms with Gasteiger partial charge in [-0.15, -0.1) is 6.42 Å². The zero-order chi connectivity index (χ0) is 13.6. The maximum Gasteiger partial charge on any atom is 0.326 e. The van der Waals surface area contributed by atoms with E-state index in [2.05, 4.69) is 16.6 Å². The van der Waals surface area contributed by atoms with Gasteiger partial charge in [-0.3, -0.25) is 0 Å². The van der Waals surface area contributed by atoms with Crippen molar-refractivity contribution >= 4 is 12.0 Å². The molecule has 0 radical (unpaired) electrons. The number of carboxylic acid groups (broad SMARTS) is 1.